The second-order valence-electron chi connectivity index (χ2n) is 3.77. The highest BCUT2D eigenvalue weighted by atomic mass is 19.2. The number of para-hydroxylation sites is 1. The second kappa shape index (κ2) is 4.03. The van der Waals surface area contributed by atoms with Gasteiger partial charge in [-0.2, -0.15) is 0 Å². The van der Waals surface area contributed by atoms with Crippen LogP contribution in [-0.4, -0.2) is 14.8 Å². The van der Waals surface area contributed by atoms with Crippen LogP contribution >= 0.6 is 0 Å². The van der Waals surface area contributed by atoms with Crippen molar-refractivity contribution in [2.75, 3.05) is 0 Å². The molecule has 5 heteroatoms. The van der Waals surface area contributed by atoms with Crippen LogP contribution in [0.25, 0.3) is 22.3 Å². The molecule has 2 aromatic heterocycles. The SMILES string of the molecule is O=c1c2ccccc2nc(-c2ccncc2)n1F. The van der Waals surface area contributed by atoms with Crippen molar-refractivity contribution >= 4 is 10.9 Å². The predicted molar refractivity (Wildman–Crippen MR) is 65.7 cm³/mol. The summed E-state index contributed by atoms with van der Waals surface area (Å²) in [7, 11) is 0. The van der Waals surface area contributed by atoms with Crippen LogP contribution in [0.5, 0.6) is 0 Å². The molecule has 2 heterocycles. The first-order valence-electron chi connectivity index (χ1n) is 5.36. The third-order valence-electron chi connectivity index (χ3n) is 2.66. The number of nitrogens with zero attached hydrogens (tertiary/aromatic N) is 3. The molecule has 0 atom stereocenters. The van der Waals surface area contributed by atoms with Crippen LogP contribution in [-0.2, 0) is 0 Å². The molecule has 3 aromatic rings. The van der Waals surface area contributed by atoms with Crippen molar-refractivity contribution in [1.29, 1.82) is 0 Å². The lowest BCUT2D eigenvalue weighted by atomic mass is 10.2. The van der Waals surface area contributed by atoms with Crippen molar-refractivity contribution < 1.29 is 4.48 Å². The molecule has 0 aliphatic heterocycles. The van der Waals surface area contributed by atoms with E-state index in [2.05, 4.69) is 9.97 Å². The topological polar surface area (TPSA) is 47.8 Å². The van der Waals surface area contributed by atoms with Crippen LogP contribution in [0, 0.1) is 0 Å². The third kappa shape index (κ3) is 1.57. The largest absolute Gasteiger partial charge is 0.290 e. The van der Waals surface area contributed by atoms with Gasteiger partial charge in [0.05, 0.1) is 10.9 Å². The highest BCUT2D eigenvalue weighted by molar-refractivity contribution is 5.79. The number of aromatic nitrogens is 3. The molecular formula is C13H8FN3O. The summed E-state index contributed by atoms with van der Waals surface area (Å²) in [5, 5.41) is 0.262. The lowest BCUT2D eigenvalue weighted by Crippen LogP contribution is -2.17. The van der Waals surface area contributed by atoms with Gasteiger partial charge in [0.15, 0.2) is 5.82 Å². The average Bonchev–Trinajstić information content (AvgIpc) is 2.44. The highest BCUT2D eigenvalue weighted by Crippen LogP contribution is 2.17. The van der Waals surface area contributed by atoms with Gasteiger partial charge in [-0.1, -0.05) is 16.6 Å². The summed E-state index contributed by atoms with van der Waals surface area (Å²) in [5.41, 5.74) is 0.283. The molecule has 3 rings (SSSR count). The summed E-state index contributed by atoms with van der Waals surface area (Å²) < 4.78 is 13.9. The maximum absolute atomic E-state index is 13.9. The number of hydrogen-bond acceptors (Lipinski definition) is 3. The summed E-state index contributed by atoms with van der Waals surface area (Å²) in [6, 6.07) is 9.88. The molecule has 0 amide bonds. The summed E-state index contributed by atoms with van der Waals surface area (Å²) in [6.07, 6.45) is 3.05. The molecule has 0 N–H and O–H groups in total. The Morgan fingerprint density at radius 3 is 2.56 bits per heavy atom. The number of pyridine rings is 1. The van der Waals surface area contributed by atoms with Gasteiger partial charge in [0, 0.05) is 18.0 Å². The van der Waals surface area contributed by atoms with Gasteiger partial charge < -0.3 is 0 Å². The van der Waals surface area contributed by atoms with Gasteiger partial charge in [0.2, 0.25) is 0 Å². The fraction of sp³-hybridized carbons (Fsp3) is 0. The molecule has 0 bridgehead atoms. The van der Waals surface area contributed by atoms with Crippen molar-refractivity contribution in [2.24, 2.45) is 0 Å². The Balaban J connectivity index is 2.38. The van der Waals surface area contributed by atoms with E-state index in [1.54, 1.807) is 36.4 Å². The van der Waals surface area contributed by atoms with Crippen molar-refractivity contribution in [3.05, 3.63) is 59.1 Å². The number of fused-ring (bicyclic) bond motifs is 1. The van der Waals surface area contributed by atoms with Gasteiger partial charge in [-0.25, -0.2) is 4.98 Å². The van der Waals surface area contributed by atoms with E-state index >= 15 is 0 Å². The van der Waals surface area contributed by atoms with Crippen molar-refractivity contribution in [1.82, 2.24) is 14.8 Å². The van der Waals surface area contributed by atoms with Crippen LogP contribution in [0.4, 0.5) is 4.48 Å². The van der Waals surface area contributed by atoms with Crippen LogP contribution < -0.4 is 5.56 Å². The zero-order chi connectivity index (χ0) is 12.5. The van der Waals surface area contributed by atoms with Crippen molar-refractivity contribution in [3.63, 3.8) is 0 Å². The number of rotatable bonds is 1. The van der Waals surface area contributed by atoms with E-state index in [1.807, 2.05) is 0 Å². The minimum atomic E-state index is -0.701. The fourth-order valence-electron chi connectivity index (χ4n) is 1.79. The molecular weight excluding hydrogens is 233 g/mol. The standard InChI is InChI=1S/C13H8FN3O/c14-17-12(9-5-7-15-8-6-9)16-11-4-2-1-3-10(11)13(17)18/h1-8H. The van der Waals surface area contributed by atoms with Gasteiger partial charge in [-0.05, 0) is 24.3 Å². The van der Waals surface area contributed by atoms with Crippen molar-refractivity contribution in [2.45, 2.75) is 0 Å². The molecule has 1 aromatic carbocycles. The number of hydrogen-bond donors (Lipinski definition) is 0. The highest BCUT2D eigenvalue weighted by Gasteiger charge is 2.11. The zero-order valence-corrected chi connectivity index (χ0v) is 9.25. The molecule has 0 spiro atoms. The maximum Gasteiger partial charge on any atom is 0.290 e. The smallest absolute Gasteiger partial charge is 0.266 e. The van der Waals surface area contributed by atoms with E-state index in [0.29, 0.717) is 11.1 Å². The average molecular weight is 241 g/mol. The molecule has 0 saturated carbocycles. The molecule has 4 nitrogen and oxygen atoms in total. The Bertz CT molecular complexity index is 768. The number of halogens is 1. The summed E-state index contributed by atoms with van der Waals surface area (Å²) >= 11 is 0. The lowest BCUT2D eigenvalue weighted by Gasteiger charge is -2.05. The van der Waals surface area contributed by atoms with E-state index in [4.69, 9.17) is 0 Å². The maximum atomic E-state index is 13.9. The monoisotopic (exact) mass is 241 g/mol. The van der Waals surface area contributed by atoms with E-state index in [1.165, 1.54) is 12.4 Å². The van der Waals surface area contributed by atoms with Crippen molar-refractivity contribution in [3.8, 4) is 11.4 Å². The van der Waals surface area contributed by atoms with Gasteiger partial charge in [-0.15, -0.1) is 4.79 Å². The molecule has 0 aliphatic rings. The molecule has 0 fully saturated rings. The Labute approximate surface area is 101 Å². The Morgan fingerprint density at radius 2 is 1.78 bits per heavy atom. The van der Waals surface area contributed by atoms with Gasteiger partial charge in [0.25, 0.3) is 5.56 Å². The minimum Gasteiger partial charge on any atom is -0.266 e. The molecule has 18 heavy (non-hydrogen) atoms. The van der Waals surface area contributed by atoms with Gasteiger partial charge >= 0.3 is 0 Å². The Kier molecular flexibility index (Phi) is 2.37. The van der Waals surface area contributed by atoms with E-state index < -0.39 is 5.56 Å². The summed E-state index contributed by atoms with van der Waals surface area (Å²) in [4.78, 5) is 19.9. The van der Waals surface area contributed by atoms with E-state index in [-0.39, 0.29) is 16.0 Å². The molecule has 0 radical (unpaired) electrons. The van der Waals surface area contributed by atoms with Crippen LogP contribution in [0.3, 0.4) is 0 Å². The normalized spacial score (nSPS) is 10.7. The van der Waals surface area contributed by atoms with Gasteiger partial charge in [-0.3, -0.25) is 9.78 Å². The first-order chi connectivity index (χ1) is 8.77. The van der Waals surface area contributed by atoms with Crippen LogP contribution in [0.1, 0.15) is 0 Å². The predicted octanol–water partition coefficient (Wildman–Crippen LogP) is 2.19. The minimum absolute atomic E-state index is 0.0129. The molecule has 88 valence electrons. The number of benzene rings is 1. The summed E-state index contributed by atoms with van der Waals surface area (Å²) in [5.74, 6) is -0.0129. The lowest BCUT2D eigenvalue weighted by molar-refractivity contribution is 0.356. The van der Waals surface area contributed by atoms with Crippen LogP contribution in [0.2, 0.25) is 0 Å². The van der Waals surface area contributed by atoms with Crippen LogP contribution in [0.15, 0.2) is 53.6 Å². The van der Waals surface area contributed by atoms with E-state index in [0.717, 1.165) is 0 Å². The molecule has 0 unspecified atom stereocenters. The Morgan fingerprint density at radius 1 is 1.06 bits per heavy atom. The Hall–Kier alpha value is -2.56. The summed E-state index contributed by atoms with van der Waals surface area (Å²) in [6.45, 7) is 0. The first kappa shape index (κ1) is 10.6. The first-order valence-corrected chi connectivity index (χ1v) is 5.36. The fourth-order valence-corrected chi connectivity index (χ4v) is 1.79. The van der Waals surface area contributed by atoms with Gasteiger partial charge in [0.1, 0.15) is 0 Å². The van der Waals surface area contributed by atoms with E-state index in [9.17, 15) is 9.28 Å². The molecule has 0 aliphatic carbocycles. The quantitative estimate of drug-likeness (QED) is 0.656. The zero-order valence-electron chi connectivity index (χ0n) is 9.25. The molecule has 0 saturated heterocycles. The second-order valence-corrected chi connectivity index (χ2v) is 3.77. The third-order valence-corrected chi connectivity index (χ3v) is 2.66.